The first-order valence-corrected chi connectivity index (χ1v) is 5.27. The zero-order chi connectivity index (χ0) is 10.3. The van der Waals surface area contributed by atoms with Crippen LogP contribution >= 0.6 is 23.2 Å². The Kier molecular flexibility index (Phi) is 2.60. The number of anilines is 1. The molecule has 2 atom stereocenters. The van der Waals surface area contributed by atoms with Gasteiger partial charge < -0.3 is 10.4 Å². The molecule has 1 aromatic rings. The van der Waals surface area contributed by atoms with Crippen LogP contribution < -0.4 is 5.32 Å². The second-order valence-corrected chi connectivity index (χ2v) is 4.43. The predicted octanol–water partition coefficient (Wildman–Crippen LogP) is 3.23. The molecule has 0 aromatic heterocycles. The summed E-state index contributed by atoms with van der Waals surface area (Å²) in [4.78, 5) is 0. The average molecular weight is 232 g/mol. The zero-order valence-electron chi connectivity index (χ0n) is 7.72. The Hall–Kier alpha value is -0.440. The van der Waals surface area contributed by atoms with Gasteiger partial charge >= 0.3 is 0 Å². The molecule has 2 rings (SSSR count). The molecule has 4 heteroatoms. The van der Waals surface area contributed by atoms with Crippen molar-refractivity contribution in [1.29, 1.82) is 0 Å². The summed E-state index contributed by atoms with van der Waals surface area (Å²) >= 11 is 12.0. The maximum absolute atomic E-state index is 9.85. The van der Waals surface area contributed by atoms with Crippen LogP contribution in [0.15, 0.2) is 12.1 Å². The molecule has 0 aliphatic carbocycles. The Bertz CT molecular complexity index is 367. The largest absolute Gasteiger partial charge is 0.388 e. The molecule has 0 saturated heterocycles. The topological polar surface area (TPSA) is 32.3 Å². The molecule has 2 unspecified atom stereocenters. The van der Waals surface area contributed by atoms with Gasteiger partial charge in [-0.1, -0.05) is 23.2 Å². The summed E-state index contributed by atoms with van der Waals surface area (Å²) < 4.78 is 0. The predicted molar refractivity (Wildman–Crippen MR) is 59.1 cm³/mol. The third-order valence-electron chi connectivity index (χ3n) is 2.44. The Morgan fingerprint density at radius 3 is 2.71 bits per heavy atom. The third-order valence-corrected chi connectivity index (χ3v) is 3.09. The summed E-state index contributed by atoms with van der Waals surface area (Å²) in [6.07, 6.45) is 0.139. The minimum Gasteiger partial charge on any atom is -0.388 e. The summed E-state index contributed by atoms with van der Waals surface area (Å²) in [7, 11) is 0. The van der Waals surface area contributed by atoms with E-state index in [4.69, 9.17) is 23.2 Å². The van der Waals surface area contributed by atoms with Gasteiger partial charge in [0.15, 0.2) is 0 Å². The van der Waals surface area contributed by atoms with Crippen LogP contribution in [0.4, 0.5) is 5.69 Å². The van der Waals surface area contributed by atoms with Crippen molar-refractivity contribution in [2.45, 2.75) is 25.5 Å². The van der Waals surface area contributed by atoms with Crippen LogP contribution in [0.5, 0.6) is 0 Å². The van der Waals surface area contributed by atoms with Gasteiger partial charge in [-0.25, -0.2) is 0 Å². The van der Waals surface area contributed by atoms with Gasteiger partial charge in [-0.2, -0.15) is 0 Å². The van der Waals surface area contributed by atoms with Gasteiger partial charge in [-0.3, -0.25) is 0 Å². The fourth-order valence-corrected chi connectivity index (χ4v) is 2.30. The highest BCUT2D eigenvalue weighted by Gasteiger charge is 2.26. The van der Waals surface area contributed by atoms with Crippen molar-refractivity contribution in [2.75, 3.05) is 5.32 Å². The third kappa shape index (κ3) is 1.58. The Labute approximate surface area is 92.8 Å². The van der Waals surface area contributed by atoms with Crippen molar-refractivity contribution in [3.8, 4) is 0 Å². The van der Waals surface area contributed by atoms with Gasteiger partial charge in [0.05, 0.1) is 16.8 Å². The molecule has 14 heavy (non-hydrogen) atoms. The number of nitrogens with one attached hydrogen (secondary N) is 1. The first-order valence-electron chi connectivity index (χ1n) is 4.52. The van der Waals surface area contributed by atoms with Gasteiger partial charge in [0, 0.05) is 16.6 Å². The highest BCUT2D eigenvalue weighted by molar-refractivity contribution is 6.36. The smallest absolute Gasteiger partial charge is 0.0844 e. The van der Waals surface area contributed by atoms with E-state index in [1.165, 1.54) is 0 Å². The number of halogens is 2. The lowest BCUT2D eigenvalue weighted by atomic mass is 9.96. The monoisotopic (exact) mass is 231 g/mol. The van der Waals surface area contributed by atoms with Crippen LogP contribution in [0.1, 0.15) is 25.0 Å². The van der Waals surface area contributed by atoms with Crippen LogP contribution in [0, 0.1) is 0 Å². The molecule has 0 bridgehead atoms. The number of aliphatic hydroxyl groups is 1. The highest BCUT2D eigenvalue weighted by atomic mass is 35.5. The minimum absolute atomic E-state index is 0.216. The first kappa shape index (κ1) is 10.1. The van der Waals surface area contributed by atoms with Crippen LogP contribution in [0.25, 0.3) is 0 Å². The number of rotatable bonds is 0. The molecule has 0 amide bonds. The molecular formula is C10H11Cl2NO. The summed E-state index contributed by atoms with van der Waals surface area (Å²) in [6, 6.07) is 3.66. The van der Waals surface area contributed by atoms with E-state index in [0.717, 1.165) is 11.3 Å². The lowest BCUT2D eigenvalue weighted by molar-refractivity contribution is 0.158. The zero-order valence-corrected chi connectivity index (χ0v) is 9.23. The van der Waals surface area contributed by atoms with Crippen molar-refractivity contribution in [2.24, 2.45) is 0 Å². The summed E-state index contributed by atoms with van der Waals surface area (Å²) in [6.45, 7) is 2.00. The summed E-state index contributed by atoms with van der Waals surface area (Å²) in [5.41, 5.74) is 1.49. The Morgan fingerprint density at radius 2 is 2.00 bits per heavy atom. The van der Waals surface area contributed by atoms with Crippen molar-refractivity contribution in [1.82, 2.24) is 0 Å². The molecule has 1 aromatic carbocycles. The first-order chi connectivity index (χ1) is 6.59. The Morgan fingerprint density at radius 1 is 1.36 bits per heavy atom. The fraction of sp³-hybridized carbons (Fsp3) is 0.400. The fourth-order valence-electron chi connectivity index (χ4n) is 1.80. The SMILES string of the molecule is CC1CC(O)c2c(Cl)ccc(Cl)c2N1. The van der Waals surface area contributed by atoms with E-state index in [-0.39, 0.29) is 6.04 Å². The maximum Gasteiger partial charge on any atom is 0.0844 e. The van der Waals surface area contributed by atoms with Gasteiger partial charge in [0.25, 0.3) is 0 Å². The van der Waals surface area contributed by atoms with Crippen molar-refractivity contribution < 1.29 is 5.11 Å². The lowest BCUT2D eigenvalue weighted by Crippen LogP contribution is -2.25. The molecule has 0 fully saturated rings. The van der Waals surface area contributed by atoms with Crippen molar-refractivity contribution in [3.63, 3.8) is 0 Å². The number of benzene rings is 1. The highest BCUT2D eigenvalue weighted by Crippen LogP contribution is 2.41. The second-order valence-electron chi connectivity index (χ2n) is 3.61. The Balaban J connectivity index is 2.57. The number of aliphatic hydroxyl groups excluding tert-OH is 1. The normalized spacial score (nSPS) is 25.4. The number of hydrogen-bond donors (Lipinski definition) is 2. The van der Waals surface area contributed by atoms with Gasteiger partial charge in [0.1, 0.15) is 0 Å². The van der Waals surface area contributed by atoms with E-state index in [9.17, 15) is 5.11 Å². The van der Waals surface area contributed by atoms with E-state index in [0.29, 0.717) is 16.5 Å². The van der Waals surface area contributed by atoms with Gasteiger partial charge in [-0.15, -0.1) is 0 Å². The van der Waals surface area contributed by atoms with E-state index in [1.807, 2.05) is 6.92 Å². The van der Waals surface area contributed by atoms with Crippen molar-refractivity contribution >= 4 is 28.9 Å². The number of fused-ring (bicyclic) bond motifs is 1. The average Bonchev–Trinajstić information content (AvgIpc) is 2.10. The van der Waals surface area contributed by atoms with Crippen LogP contribution in [0.2, 0.25) is 10.0 Å². The molecule has 0 radical (unpaired) electrons. The van der Waals surface area contributed by atoms with Crippen molar-refractivity contribution in [3.05, 3.63) is 27.7 Å². The van der Waals surface area contributed by atoms with Gasteiger partial charge in [-0.05, 0) is 25.5 Å². The lowest BCUT2D eigenvalue weighted by Gasteiger charge is -2.29. The van der Waals surface area contributed by atoms with Crippen LogP contribution in [-0.2, 0) is 0 Å². The molecule has 0 spiro atoms. The van der Waals surface area contributed by atoms with E-state index >= 15 is 0 Å². The minimum atomic E-state index is -0.521. The summed E-state index contributed by atoms with van der Waals surface area (Å²) in [5.74, 6) is 0. The van der Waals surface area contributed by atoms with Crippen LogP contribution in [-0.4, -0.2) is 11.1 Å². The maximum atomic E-state index is 9.85. The molecule has 1 aliphatic heterocycles. The standard InChI is InChI=1S/C10H11Cl2NO/c1-5-4-8(14)9-6(11)2-3-7(12)10(9)13-5/h2-3,5,8,13-14H,4H2,1H3. The molecule has 76 valence electrons. The second kappa shape index (κ2) is 3.61. The molecular weight excluding hydrogens is 221 g/mol. The van der Waals surface area contributed by atoms with Crippen LogP contribution in [0.3, 0.4) is 0 Å². The molecule has 1 heterocycles. The van der Waals surface area contributed by atoms with E-state index < -0.39 is 6.10 Å². The quantitative estimate of drug-likeness (QED) is 0.719. The van der Waals surface area contributed by atoms with E-state index in [2.05, 4.69) is 5.32 Å². The molecule has 0 saturated carbocycles. The molecule has 2 N–H and O–H groups in total. The molecule has 1 aliphatic rings. The van der Waals surface area contributed by atoms with Gasteiger partial charge in [0.2, 0.25) is 0 Å². The molecule has 2 nitrogen and oxygen atoms in total. The number of hydrogen-bond acceptors (Lipinski definition) is 2. The summed E-state index contributed by atoms with van der Waals surface area (Å²) in [5, 5.41) is 14.2. The van der Waals surface area contributed by atoms with E-state index in [1.54, 1.807) is 12.1 Å².